The summed E-state index contributed by atoms with van der Waals surface area (Å²) in [5.41, 5.74) is 15.4. The first-order valence-corrected chi connectivity index (χ1v) is 21.2. The van der Waals surface area contributed by atoms with Crippen molar-refractivity contribution in [1.82, 2.24) is 9.97 Å². The van der Waals surface area contributed by atoms with Crippen LogP contribution in [0.5, 0.6) is 11.5 Å². The molecule has 288 valence electrons. The maximum Gasteiger partial charge on any atom is 0.160 e. The first kappa shape index (κ1) is 34.7. The van der Waals surface area contributed by atoms with Crippen LogP contribution in [0.2, 0.25) is 0 Å². The van der Waals surface area contributed by atoms with Crippen LogP contribution in [-0.2, 0) is 5.41 Å². The van der Waals surface area contributed by atoms with Crippen molar-refractivity contribution in [2.45, 2.75) is 5.41 Å². The standard InChI is InChI=1S/C59H36N2O/c1-2-12-37(13-3-1)38-24-28-43(29-25-38)58-60-54-21-11-9-19-48(54)55(61-58)42-26-22-39(23-27-42)44-32-33-51-49(36-44)47-18-8-10-20-50(47)59(51)52-34-30-40-14-4-6-16-45(40)56(52)62-57-46-17-7-5-15-41(46)31-35-53(57)59/h1-36H. The Labute approximate surface area is 359 Å². The second-order valence-corrected chi connectivity index (χ2v) is 16.4. The lowest BCUT2D eigenvalue weighted by atomic mass is 9.65. The molecule has 11 aromatic rings. The minimum atomic E-state index is -0.570. The van der Waals surface area contributed by atoms with E-state index in [-0.39, 0.29) is 0 Å². The van der Waals surface area contributed by atoms with Gasteiger partial charge in [0.15, 0.2) is 5.82 Å². The van der Waals surface area contributed by atoms with Gasteiger partial charge in [-0.3, -0.25) is 0 Å². The van der Waals surface area contributed by atoms with E-state index in [0.717, 1.165) is 55.6 Å². The van der Waals surface area contributed by atoms with Crippen molar-refractivity contribution < 1.29 is 4.74 Å². The molecule has 3 nitrogen and oxygen atoms in total. The van der Waals surface area contributed by atoms with Crippen LogP contribution in [0.3, 0.4) is 0 Å². The molecule has 0 N–H and O–H groups in total. The summed E-state index contributed by atoms with van der Waals surface area (Å²) in [7, 11) is 0. The fourth-order valence-corrected chi connectivity index (χ4v) is 10.3. The van der Waals surface area contributed by atoms with Gasteiger partial charge in [-0.25, -0.2) is 9.97 Å². The van der Waals surface area contributed by atoms with Crippen molar-refractivity contribution in [3.63, 3.8) is 0 Å². The zero-order valence-electron chi connectivity index (χ0n) is 33.6. The smallest absolute Gasteiger partial charge is 0.160 e. The van der Waals surface area contributed by atoms with Crippen LogP contribution in [-0.4, -0.2) is 9.97 Å². The third kappa shape index (κ3) is 5.06. The second-order valence-electron chi connectivity index (χ2n) is 16.4. The Hall–Kier alpha value is -8.14. The number of ether oxygens (including phenoxy) is 1. The van der Waals surface area contributed by atoms with E-state index >= 15 is 0 Å². The Morgan fingerprint density at radius 2 is 0.823 bits per heavy atom. The summed E-state index contributed by atoms with van der Waals surface area (Å²) in [5.74, 6) is 2.57. The van der Waals surface area contributed by atoms with Gasteiger partial charge in [0.05, 0.1) is 16.6 Å². The average molecular weight is 789 g/mol. The van der Waals surface area contributed by atoms with Gasteiger partial charge in [0.25, 0.3) is 0 Å². The molecule has 1 aliphatic heterocycles. The quantitative estimate of drug-likeness (QED) is 0.178. The van der Waals surface area contributed by atoms with Crippen molar-refractivity contribution in [2.24, 2.45) is 0 Å². The fraction of sp³-hybridized carbons (Fsp3) is 0.0169. The molecule has 3 heteroatoms. The molecule has 1 aliphatic carbocycles. The van der Waals surface area contributed by atoms with Gasteiger partial charge in [0, 0.05) is 38.4 Å². The van der Waals surface area contributed by atoms with Gasteiger partial charge in [-0.2, -0.15) is 0 Å². The predicted octanol–water partition coefficient (Wildman–Crippen LogP) is 15.1. The molecule has 1 spiro atoms. The molecule has 2 heterocycles. The highest BCUT2D eigenvalue weighted by Gasteiger charge is 2.51. The van der Waals surface area contributed by atoms with Crippen molar-refractivity contribution in [2.75, 3.05) is 0 Å². The summed E-state index contributed by atoms with van der Waals surface area (Å²) >= 11 is 0. The normalized spacial score (nSPS) is 13.1. The molecule has 10 aromatic carbocycles. The lowest BCUT2D eigenvalue weighted by Crippen LogP contribution is -2.32. The third-order valence-corrected chi connectivity index (χ3v) is 13.2. The van der Waals surface area contributed by atoms with Crippen LogP contribution in [0, 0.1) is 0 Å². The maximum absolute atomic E-state index is 7.13. The summed E-state index contributed by atoms with van der Waals surface area (Å²) in [4.78, 5) is 10.2. The SMILES string of the molecule is c1ccc(-c2ccc(-c3nc(-c4ccc(-c5ccc6c(c5)-c5ccccc5C65c6ccc7ccccc7c6Oc6c5ccc5ccccc65)cc4)c4ccccc4n3)cc2)cc1. The Bertz CT molecular complexity index is 3510. The fourth-order valence-electron chi connectivity index (χ4n) is 10.3. The van der Waals surface area contributed by atoms with E-state index < -0.39 is 5.41 Å². The van der Waals surface area contributed by atoms with Gasteiger partial charge in [-0.15, -0.1) is 0 Å². The molecule has 0 fully saturated rings. The topological polar surface area (TPSA) is 35.0 Å². The van der Waals surface area contributed by atoms with Gasteiger partial charge < -0.3 is 4.74 Å². The van der Waals surface area contributed by atoms with Crippen molar-refractivity contribution in [1.29, 1.82) is 0 Å². The molecule has 0 unspecified atom stereocenters. The van der Waals surface area contributed by atoms with E-state index in [2.05, 4.69) is 206 Å². The lowest BCUT2D eigenvalue weighted by Gasteiger charge is -2.40. The predicted molar refractivity (Wildman–Crippen MR) is 254 cm³/mol. The van der Waals surface area contributed by atoms with Gasteiger partial charge in [-0.05, 0) is 67.4 Å². The highest BCUT2D eigenvalue weighted by atomic mass is 16.5. The van der Waals surface area contributed by atoms with E-state index in [0.29, 0.717) is 5.82 Å². The minimum Gasteiger partial charge on any atom is -0.455 e. The maximum atomic E-state index is 7.13. The van der Waals surface area contributed by atoms with Crippen LogP contribution in [0.4, 0.5) is 0 Å². The number of hydrogen-bond acceptors (Lipinski definition) is 3. The number of rotatable bonds is 4. The molecule has 0 bridgehead atoms. The minimum absolute atomic E-state index is 0.570. The molecule has 1 aromatic heterocycles. The molecule has 62 heavy (non-hydrogen) atoms. The van der Waals surface area contributed by atoms with Gasteiger partial charge in [0.1, 0.15) is 11.5 Å². The van der Waals surface area contributed by atoms with E-state index in [1.54, 1.807) is 0 Å². The van der Waals surface area contributed by atoms with E-state index in [1.807, 2.05) is 12.1 Å². The van der Waals surface area contributed by atoms with Gasteiger partial charge >= 0.3 is 0 Å². The Kier molecular flexibility index (Phi) is 7.52. The molecule has 0 saturated heterocycles. The van der Waals surface area contributed by atoms with E-state index in [1.165, 1.54) is 60.8 Å². The zero-order chi connectivity index (χ0) is 40.8. The molecule has 0 radical (unpaired) electrons. The molecule has 13 rings (SSSR count). The van der Waals surface area contributed by atoms with Gasteiger partial charge in [-0.1, -0.05) is 206 Å². The summed E-state index contributed by atoms with van der Waals surface area (Å²) in [6, 6.07) is 78.5. The number of nitrogens with zero attached hydrogens (tertiary/aromatic N) is 2. The zero-order valence-corrected chi connectivity index (χ0v) is 33.6. The van der Waals surface area contributed by atoms with Crippen LogP contribution < -0.4 is 4.74 Å². The number of benzene rings is 10. The number of hydrogen-bond donors (Lipinski definition) is 0. The van der Waals surface area contributed by atoms with Crippen LogP contribution in [0.25, 0.3) is 88.5 Å². The summed E-state index contributed by atoms with van der Waals surface area (Å²) in [6.45, 7) is 0. The molecule has 0 atom stereocenters. The van der Waals surface area contributed by atoms with Crippen LogP contribution in [0.1, 0.15) is 22.3 Å². The molecule has 0 saturated carbocycles. The van der Waals surface area contributed by atoms with Gasteiger partial charge in [0.2, 0.25) is 0 Å². The van der Waals surface area contributed by atoms with Crippen LogP contribution in [0.15, 0.2) is 218 Å². The summed E-state index contributed by atoms with van der Waals surface area (Å²) < 4.78 is 7.13. The average Bonchev–Trinajstić information content (AvgIpc) is 3.63. The number of aromatic nitrogens is 2. The highest BCUT2D eigenvalue weighted by molar-refractivity contribution is 6.00. The largest absolute Gasteiger partial charge is 0.455 e. The molecule has 2 aliphatic rings. The second kappa shape index (κ2) is 13.4. The highest BCUT2D eigenvalue weighted by Crippen LogP contribution is 2.64. The summed E-state index contributed by atoms with van der Waals surface area (Å²) in [6.07, 6.45) is 0. The Morgan fingerprint density at radius 1 is 0.323 bits per heavy atom. The summed E-state index contributed by atoms with van der Waals surface area (Å²) in [5, 5.41) is 5.60. The number of fused-ring (bicyclic) bond motifs is 14. The van der Waals surface area contributed by atoms with E-state index in [9.17, 15) is 0 Å². The first-order chi connectivity index (χ1) is 30.7. The molecular weight excluding hydrogens is 753 g/mol. The molecule has 0 amide bonds. The van der Waals surface area contributed by atoms with Crippen molar-refractivity contribution >= 4 is 32.4 Å². The van der Waals surface area contributed by atoms with Crippen molar-refractivity contribution in [3.8, 4) is 67.5 Å². The van der Waals surface area contributed by atoms with Crippen molar-refractivity contribution in [3.05, 3.63) is 241 Å². The van der Waals surface area contributed by atoms with E-state index in [4.69, 9.17) is 14.7 Å². The Balaban J connectivity index is 0.940. The molecular formula is C59H36N2O. The monoisotopic (exact) mass is 788 g/mol. The van der Waals surface area contributed by atoms with Crippen LogP contribution >= 0.6 is 0 Å². The number of para-hydroxylation sites is 1. The first-order valence-electron chi connectivity index (χ1n) is 21.2. The lowest BCUT2D eigenvalue weighted by molar-refractivity contribution is 0.447. The third-order valence-electron chi connectivity index (χ3n) is 13.2. The Morgan fingerprint density at radius 3 is 1.53 bits per heavy atom.